The van der Waals surface area contributed by atoms with Crippen LogP contribution >= 0.6 is 0 Å². The van der Waals surface area contributed by atoms with Gasteiger partial charge in [0.05, 0.1) is 0 Å². The van der Waals surface area contributed by atoms with E-state index in [1.807, 2.05) is 0 Å². The Morgan fingerprint density at radius 1 is 1.32 bits per heavy atom. The van der Waals surface area contributed by atoms with Gasteiger partial charge in [-0.25, -0.2) is 4.39 Å². The van der Waals surface area contributed by atoms with Crippen LogP contribution in [0.25, 0.3) is 6.08 Å². The lowest BCUT2D eigenvalue weighted by Crippen LogP contribution is -2.25. The maximum atomic E-state index is 12.8. The second-order valence-electron chi connectivity index (χ2n) is 4.64. The molecule has 0 aromatic heterocycles. The summed E-state index contributed by atoms with van der Waals surface area (Å²) in [6.45, 7) is 2.13. The Kier molecular flexibility index (Phi) is 4.55. The van der Waals surface area contributed by atoms with Gasteiger partial charge in [-0.3, -0.25) is 4.79 Å². The van der Waals surface area contributed by atoms with Crippen molar-refractivity contribution in [2.45, 2.75) is 38.8 Å². The average molecular weight is 263 g/mol. The minimum atomic E-state index is -0.295. The van der Waals surface area contributed by atoms with E-state index in [1.165, 1.54) is 12.1 Å². The summed E-state index contributed by atoms with van der Waals surface area (Å²) >= 11 is 0. The molecule has 3 nitrogen and oxygen atoms in total. The molecule has 1 aromatic carbocycles. The largest absolute Gasteiger partial charge is 0.465 e. The number of benzene rings is 1. The zero-order chi connectivity index (χ0) is 13.7. The molecule has 1 aliphatic rings. The second-order valence-corrected chi connectivity index (χ2v) is 4.64. The third kappa shape index (κ3) is 3.81. The third-order valence-electron chi connectivity index (χ3n) is 3.02. The Hall–Kier alpha value is -1.84. The van der Waals surface area contributed by atoms with Gasteiger partial charge in [0.25, 0.3) is 5.91 Å². The molecule has 1 saturated heterocycles. The Labute approximate surface area is 112 Å². The van der Waals surface area contributed by atoms with Crippen LogP contribution in [0, 0.1) is 5.82 Å². The number of hydrogen-bond donors (Lipinski definition) is 1. The zero-order valence-electron chi connectivity index (χ0n) is 11.0. The first-order valence-electron chi connectivity index (χ1n) is 6.64. The van der Waals surface area contributed by atoms with Crippen LogP contribution in [0.15, 0.2) is 30.0 Å². The standard InChI is InChI=1S/C15H18FNO2/c1-2-3-4-5-14-17-15(18)13(19-14)10-11-6-8-12(16)9-7-11/h6-10,14H,2-5H2,1H3,(H,17,18)/b13-10-. The average Bonchev–Trinajstić information content (AvgIpc) is 2.73. The van der Waals surface area contributed by atoms with Crippen LogP contribution in [0.2, 0.25) is 0 Å². The number of hydrogen-bond acceptors (Lipinski definition) is 2. The van der Waals surface area contributed by atoms with E-state index in [4.69, 9.17) is 4.74 Å². The number of carbonyl (C=O) groups is 1. The molecule has 1 fully saturated rings. The molecule has 1 heterocycles. The summed E-state index contributed by atoms with van der Waals surface area (Å²) in [4.78, 5) is 11.7. The monoisotopic (exact) mass is 263 g/mol. The molecule has 1 N–H and O–H groups in total. The number of ether oxygens (including phenoxy) is 1. The number of unbranched alkanes of at least 4 members (excludes halogenated alkanes) is 2. The van der Waals surface area contributed by atoms with Crippen LogP contribution in [0.1, 0.15) is 38.2 Å². The van der Waals surface area contributed by atoms with Crippen LogP contribution in [-0.4, -0.2) is 12.1 Å². The SMILES string of the molecule is CCCCCC1NC(=O)/C(=C/c2ccc(F)cc2)O1. The van der Waals surface area contributed by atoms with Crippen molar-refractivity contribution in [1.29, 1.82) is 0 Å². The van der Waals surface area contributed by atoms with Gasteiger partial charge in [-0.15, -0.1) is 0 Å². The molecule has 19 heavy (non-hydrogen) atoms. The van der Waals surface area contributed by atoms with Crippen molar-refractivity contribution in [2.75, 3.05) is 0 Å². The van der Waals surface area contributed by atoms with Crippen molar-refractivity contribution in [3.05, 3.63) is 41.4 Å². The first kappa shape index (κ1) is 13.6. The van der Waals surface area contributed by atoms with E-state index in [2.05, 4.69) is 12.2 Å². The van der Waals surface area contributed by atoms with Crippen LogP contribution < -0.4 is 5.32 Å². The molecular formula is C15H18FNO2. The molecule has 2 rings (SSSR count). The molecule has 1 aromatic rings. The first-order valence-corrected chi connectivity index (χ1v) is 6.64. The van der Waals surface area contributed by atoms with Crippen LogP contribution in [0.3, 0.4) is 0 Å². The molecule has 1 amide bonds. The molecule has 0 aliphatic carbocycles. The number of carbonyl (C=O) groups excluding carboxylic acids is 1. The molecule has 1 atom stereocenters. The van der Waals surface area contributed by atoms with Crippen molar-refractivity contribution >= 4 is 12.0 Å². The van der Waals surface area contributed by atoms with Gasteiger partial charge in [0.2, 0.25) is 0 Å². The highest BCUT2D eigenvalue weighted by Crippen LogP contribution is 2.18. The number of nitrogens with one attached hydrogen (secondary N) is 1. The van der Waals surface area contributed by atoms with Gasteiger partial charge in [0.1, 0.15) is 5.82 Å². The van der Waals surface area contributed by atoms with E-state index >= 15 is 0 Å². The Balaban J connectivity index is 1.97. The molecule has 1 aliphatic heterocycles. The molecule has 0 radical (unpaired) electrons. The zero-order valence-corrected chi connectivity index (χ0v) is 11.0. The maximum absolute atomic E-state index is 12.8. The maximum Gasteiger partial charge on any atom is 0.289 e. The lowest BCUT2D eigenvalue weighted by atomic mass is 10.2. The number of rotatable bonds is 5. The van der Waals surface area contributed by atoms with Crippen LogP contribution in [0.5, 0.6) is 0 Å². The Morgan fingerprint density at radius 3 is 2.74 bits per heavy atom. The summed E-state index contributed by atoms with van der Waals surface area (Å²) in [6.07, 6.45) is 5.53. The van der Waals surface area contributed by atoms with Gasteiger partial charge in [-0.2, -0.15) is 0 Å². The summed E-state index contributed by atoms with van der Waals surface area (Å²) < 4.78 is 18.3. The topological polar surface area (TPSA) is 38.3 Å². The second kappa shape index (κ2) is 6.36. The van der Waals surface area contributed by atoms with Crippen LogP contribution in [-0.2, 0) is 9.53 Å². The first-order chi connectivity index (χ1) is 9.19. The fraction of sp³-hybridized carbons (Fsp3) is 0.400. The molecular weight excluding hydrogens is 245 g/mol. The quantitative estimate of drug-likeness (QED) is 0.654. The number of halogens is 1. The molecule has 0 saturated carbocycles. The van der Waals surface area contributed by atoms with Crippen molar-refractivity contribution in [3.8, 4) is 0 Å². The number of amides is 1. The van der Waals surface area contributed by atoms with Crippen molar-refractivity contribution in [3.63, 3.8) is 0 Å². The van der Waals surface area contributed by atoms with E-state index in [9.17, 15) is 9.18 Å². The van der Waals surface area contributed by atoms with Crippen LogP contribution in [0.4, 0.5) is 4.39 Å². The van der Waals surface area contributed by atoms with E-state index in [0.717, 1.165) is 31.2 Å². The minimum Gasteiger partial charge on any atom is -0.465 e. The van der Waals surface area contributed by atoms with Crippen molar-refractivity contribution in [2.24, 2.45) is 0 Å². The molecule has 0 spiro atoms. The predicted molar refractivity (Wildman–Crippen MR) is 71.5 cm³/mol. The van der Waals surface area contributed by atoms with Gasteiger partial charge >= 0.3 is 0 Å². The highest BCUT2D eigenvalue weighted by molar-refractivity contribution is 5.97. The fourth-order valence-electron chi connectivity index (χ4n) is 1.97. The third-order valence-corrected chi connectivity index (χ3v) is 3.02. The van der Waals surface area contributed by atoms with Crippen molar-refractivity contribution in [1.82, 2.24) is 5.32 Å². The normalized spacial score (nSPS) is 20.4. The van der Waals surface area contributed by atoms with Gasteiger partial charge in [-0.05, 0) is 30.2 Å². The van der Waals surface area contributed by atoms with Gasteiger partial charge < -0.3 is 10.1 Å². The predicted octanol–water partition coefficient (Wildman–Crippen LogP) is 3.22. The molecule has 0 bridgehead atoms. The lowest BCUT2D eigenvalue weighted by Gasteiger charge is -2.08. The highest BCUT2D eigenvalue weighted by Gasteiger charge is 2.27. The summed E-state index contributed by atoms with van der Waals surface area (Å²) in [6, 6.07) is 5.95. The summed E-state index contributed by atoms with van der Waals surface area (Å²) in [5.74, 6) is -0.199. The summed E-state index contributed by atoms with van der Waals surface area (Å²) in [5.41, 5.74) is 0.751. The molecule has 1 unspecified atom stereocenters. The van der Waals surface area contributed by atoms with E-state index in [1.54, 1.807) is 18.2 Å². The van der Waals surface area contributed by atoms with E-state index in [0.29, 0.717) is 5.76 Å². The van der Waals surface area contributed by atoms with E-state index < -0.39 is 0 Å². The molecule has 4 heteroatoms. The highest BCUT2D eigenvalue weighted by atomic mass is 19.1. The smallest absolute Gasteiger partial charge is 0.289 e. The lowest BCUT2D eigenvalue weighted by molar-refractivity contribution is -0.116. The van der Waals surface area contributed by atoms with Gasteiger partial charge in [0.15, 0.2) is 12.0 Å². The Bertz CT molecular complexity index is 468. The molecule has 102 valence electrons. The van der Waals surface area contributed by atoms with Crippen molar-refractivity contribution < 1.29 is 13.9 Å². The minimum absolute atomic E-state index is 0.203. The van der Waals surface area contributed by atoms with Gasteiger partial charge in [-0.1, -0.05) is 31.9 Å². The summed E-state index contributed by atoms with van der Waals surface area (Å²) in [5, 5.41) is 2.79. The Morgan fingerprint density at radius 2 is 2.05 bits per heavy atom. The van der Waals surface area contributed by atoms with E-state index in [-0.39, 0.29) is 18.0 Å². The summed E-state index contributed by atoms with van der Waals surface area (Å²) in [7, 11) is 0. The van der Waals surface area contributed by atoms with Gasteiger partial charge in [0, 0.05) is 6.42 Å². The fourth-order valence-corrected chi connectivity index (χ4v) is 1.97.